The number of rotatable bonds is 5. The number of aromatic carboxylic acids is 1. The minimum Gasteiger partial charge on any atom is -0.493 e. The third kappa shape index (κ3) is 3.65. The van der Waals surface area contributed by atoms with Crippen LogP contribution in [0.5, 0.6) is 11.5 Å². The molecule has 1 aromatic carbocycles. The maximum atomic E-state index is 10.9. The smallest absolute Gasteiger partial charge is 0.338 e. The molecule has 0 saturated heterocycles. The predicted molar refractivity (Wildman–Crippen MR) is 92.5 cm³/mol. The summed E-state index contributed by atoms with van der Waals surface area (Å²) >= 11 is 0. The van der Waals surface area contributed by atoms with E-state index in [2.05, 4.69) is 15.3 Å². The van der Waals surface area contributed by atoms with Crippen molar-refractivity contribution in [2.75, 3.05) is 19.5 Å². The molecule has 0 amide bonds. The van der Waals surface area contributed by atoms with Gasteiger partial charge in [0.05, 0.1) is 25.8 Å². The SMILES string of the molecule is COc1cc2c(cc1OC)C(Nc1ncc(C(=O)O)cn1)CCCC2. The van der Waals surface area contributed by atoms with E-state index in [1.165, 1.54) is 18.0 Å². The summed E-state index contributed by atoms with van der Waals surface area (Å²) in [6.07, 6.45) is 6.70. The van der Waals surface area contributed by atoms with Crippen molar-refractivity contribution < 1.29 is 19.4 Å². The molecule has 0 bridgehead atoms. The van der Waals surface area contributed by atoms with Gasteiger partial charge in [-0.3, -0.25) is 0 Å². The van der Waals surface area contributed by atoms with E-state index in [0.717, 1.165) is 37.0 Å². The number of aromatic nitrogens is 2. The first-order valence-electron chi connectivity index (χ1n) is 8.19. The summed E-state index contributed by atoms with van der Waals surface area (Å²) in [5.74, 6) is 0.793. The van der Waals surface area contributed by atoms with E-state index >= 15 is 0 Å². The van der Waals surface area contributed by atoms with Crippen LogP contribution >= 0.6 is 0 Å². The van der Waals surface area contributed by atoms with Gasteiger partial charge < -0.3 is 19.9 Å². The van der Waals surface area contributed by atoms with Crippen LogP contribution in [0.2, 0.25) is 0 Å². The van der Waals surface area contributed by atoms with Crippen molar-refractivity contribution in [3.05, 3.63) is 41.2 Å². The lowest BCUT2D eigenvalue weighted by molar-refractivity contribution is 0.0696. The first-order valence-corrected chi connectivity index (χ1v) is 8.19. The topological polar surface area (TPSA) is 93.6 Å². The summed E-state index contributed by atoms with van der Waals surface area (Å²) in [4.78, 5) is 19.1. The number of hydrogen-bond acceptors (Lipinski definition) is 6. The number of nitrogens with one attached hydrogen (secondary N) is 1. The molecule has 0 radical (unpaired) electrons. The van der Waals surface area contributed by atoms with Crippen LogP contribution < -0.4 is 14.8 Å². The van der Waals surface area contributed by atoms with Gasteiger partial charge in [-0.1, -0.05) is 6.42 Å². The molecule has 7 heteroatoms. The van der Waals surface area contributed by atoms with Gasteiger partial charge >= 0.3 is 5.97 Å². The number of carboxylic acid groups (broad SMARTS) is 1. The molecule has 1 aromatic heterocycles. The third-order valence-electron chi connectivity index (χ3n) is 4.41. The Morgan fingerprint density at radius 1 is 1.16 bits per heavy atom. The van der Waals surface area contributed by atoms with E-state index in [4.69, 9.17) is 14.6 Å². The summed E-state index contributed by atoms with van der Waals surface area (Å²) in [6.45, 7) is 0. The Hall–Kier alpha value is -2.83. The van der Waals surface area contributed by atoms with Crippen LogP contribution in [-0.2, 0) is 6.42 Å². The average Bonchev–Trinajstić information content (AvgIpc) is 2.82. The van der Waals surface area contributed by atoms with Gasteiger partial charge in [0.1, 0.15) is 0 Å². The van der Waals surface area contributed by atoms with Crippen molar-refractivity contribution >= 4 is 11.9 Å². The highest BCUT2D eigenvalue weighted by molar-refractivity contribution is 5.86. The molecule has 1 atom stereocenters. The van der Waals surface area contributed by atoms with Crippen LogP contribution in [0.3, 0.4) is 0 Å². The van der Waals surface area contributed by atoms with Gasteiger partial charge in [0, 0.05) is 12.4 Å². The first-order chi connectivity index (χ1) is 12.1. The Morgan fingerprint density at radius 3 is 2.48 bits per heavy atom. The lowest BCUT2D eigenvalue weighted by atomic mass is 9.98. The fourth-order valence-electron chi connectivity index (χ4n) is 3.12. The molecular weight excluding hydrogens is 322 g/mol. The normalized spacial score (nSPS) is 16.5. The summed E-state index contributed by atoms with van der Waals surface area (Å²) in [5, 5.41) is 12.3. The molecule has 1 heterocycles. The quantitative estimate of drug-likeness (QED) is 0.806. The monoisotopic (exact) mass is 343 g/mol. The Kier molecular flexibility index (Phi) is 5.02. The summed E-state index contributed by atoms with van der Waals surface area (Å²) in [6, 6.07) is 4.07. The number of carbonyl (C=O) groups is 1. The van der Waals surface area contributed by atoms with E-state index in [1.807, 2.05) is 12.1 Å². The summed E-state index contributed by atoms with van der Waals surface area (Å²) < 4.78 is 10.8. The van der Waals surface area contributed by atoms with Crippen molar-refractivity contribution in [2.24, 2.45) is 0 Å². The van der Waals surface area contributed by atoms with E-state index in [-0.39, 0.29) is 11.6 Å². The van der Waals surface area contributed by atoms with Crippen LogP contribution in [0.1, 0.15) is 46.8 Å². The molecule has 25 heavy (non-hydrogen) atoms. The van der Waals surface area contributed by atoms with Gasteiger partial charge in [0.25, 0.3) is 0 Å². The molecule has 132 valence electrons. The number of fused-ring (bicyclic) bond motifs is 1. The van der Waals surface area contributed by atoms with Crippen LogP contribution in [0.25, 0.3) is 0 Å². The van der Waals surface area contributed by atoms with Crippen LogP contribution in [0.15, 0.2) is 24.5 Å². The molecule has 1 unspecified atom stereocenters. The minimum atomic E-state index is -1.04. The van der Waals surface area contributed by atoms with E-state index in [9.17, 15) is 4.79 Å². The second-order valence-corrected chi connectivity index (χ2v) is 5.95. The fourth-order valence-corrected chi connectivity index (χ4v) is 3.12. The van der Waals surface area contributed by atoms with Crippen LogP contribution in [-0.4, -0.2) is 35.3 Å². The van der Waals surface area contributed by atoms with Gasteiger partial charge in [-0.2, -0.15) is 0 Å². The lowest BCUT2D eigenvalue weighted by Gasteiger charge is -2.21. The largest absolute Gasteiger partial charge is 0.493 e. The molecule has 2 N–H and O–H groups in total. The first kappa shape index (κ1) is 17.0. The third-order valence-corrected chi connectivity index (χ3v) is 4.41. The molecule has 0 aliphatic heterocycles. The molecule has 0 fully saturated rings. The van der Waals surface area contributed by atoms with Gasteiger partial charge in [-0.05, 0) is 42.5 Å². The zero-order chi connectivity index (χ0) is 17.8. The Labute approximate surface area is 146 Å². The number of carboxylic acids is 1. The highest BCUT2D eigenvalue weighted by Gasteiger charge is 2.22. The number of nitrogens with zero attached hydrogens (tertiary/aromatic N) is 2. The van der Waals surface area contributed by atoms with Crippen LogP contribution in [0.4, 0.5) is 5.95 Å². The molecule has 1 aliphatic rings. The standard InChI is InChI=1S/C18H21N3O4/c1-24-15-7-11-5-3-4-6-14(13(11)8-16(15)25-2)21-18-19-9-12(10-20-18)17(22)23/h7-10,14H,3-6H2,1-2H3,(H,22,23)(H,19,20,21). The van der Waals surface area contributed by atoms with Crippen LogP contribution in [0, 0.1) is 0 Å². The van der Waals surface area contributed by atoms with Gasteiger partial charge in [-0.15, -0.1) is 0 Å². The highest BCUT2D eigenvalue weighted by Crippen LogP contribution is 2.38. The Morgan fingerprint density at radius 2 is 1.84 bits per heavy atom. The number of aryl methyl sites for hydroxylation is 1. The van der Waals surface area contributed by atoms with E-state index in [0.29, 0.717) is 11.7 Å². The van der Waals surface area contributed by atoms with E-state index < -0.39 is 5.97 Å². The zero-order valence-electron chi connectivity index (χ0n) is 14.3. The summed E-state index contributed by atoms with van der Waals surface area (Å²) in [5.41, 5.74) is 2.43. The molecule has 2 aromatic rings. The van der Waals surface area contributed by atoms with Crippen molar-refractivity contribution in [2.45, 2.75) is 31.7 Å². The number of anilines is 1. The molecule has 3 rings (SSSR count). The summed E-state index contributed by atoms with van der Waals surface area (Å²) in [7, 11) is 3.26. The molecule has 7 nitrogen and oxygen atoms in total. The second kappa shape index (κ2) is 7.38. The van der Waals surface area contributed by atoms with Gasteiger partial charge in [-0.25, -0.2) is 14.8 Å². The fraction of sp³-hybridized carbons (Fsp3) is 0.389. The Bertz CT molecular complexity index is 762. The Balaban J connectivity index is 1.91. The van der Waals surface area contributed by atoms with Crippen molar-refractivity contribution in [3.63, 3.8) is 0 Å². The van der Waals surface area contributed by atoms with Crippen molar-refractivity contribution in [3.8, 4) is 11.5 Å². The van der Waals surface area contributed by atoms with Crippen molar-refractivity contribution in [1.29, 1.82) is 0 Å². The maximum Gasteiger partial charge on any atom is 0.338 e. The highest BCUT2D eigenvalue weighted by atomic mass is 16.5. The maximum absolute atomic E-state index is 10.9. The predicted octanol–water partition coefficient (Wildman–Crippen LogP) is 3.07. The molecule has 1 aliphatic carbocycles. The lowest BCUT2D eigenvalue weighted by Crippen LogP contribution is -2.14. The second-order valence-electron chi connectivity index (χ2n) is 5.95. The van der Waals surface area contributed by atoms with Crippen molar-refractivity contribution in [1.82, 2.24) is 9.97 Å². The average molecular weight is 343 g/mol. The minimum absolute atomic E-state index is 0.0352. The number of methoxy groups -OCH3 is 2. The van der Waals surface area contributed by atoms with Gasteiger partial charge in [0.2, 0.25) is 5.95 Å². The number of ether oxygens (including phenoxy) is 2. The molecule has 0 saturated carbocycles. The number of benzene rings is 1. The zero-order valence-corrected chi connectivity index (χ0v) is 14.3. The van der Waals surface area contributed by atoms with Gasteiger partial charge in [0.15, 0.2) is 11.5 Å². The molecular formula is C18H21N3O4. The number of hydrogen-bond donors (Lipinski definition) is 2. The van der Waals surface area contributed by atoms with E-state index in [1.54, 1.807) is 14.2 Å². The molecule has 0 spiro atoms.